The van der Waals surface area contributed by atoms with Crippen molar-refractivity contribution in [3.63, 3.8) is 0 Å². The Morgan fingerprint density at radius 2 is 1.62 bits per heavy atom. The molecule has 0 amide bonds. The van der Waals surface area contributed by atoms with Crippen molar-refractivity contribution in [2.45, 2.75) is 44.9 Å². The third kappa shape index (κ3) is 3.81. The van der Waals surface area contributed by atoms with Gasteiger partial charge in [0.15, 0.2) is 11.6 Å². The second-order valence-electron chi connectivity index (χ2n) is 7.75. The van der Waals surface area contributed by atoms with Crippen molar-refractivity contribution in [2.24, 2.45) is 0 Å². The van der Waals surface area contributed by atoms with Crippen molar-refractivity contribution in [1.29, 1.82) is 0 Å². The zero-order valence-corrected chi connectivity index (χ0v) is 16.2. The first-order valence-corrected chi connectivity index (χ1v) is 10.0. The third-order valence-corrected chi connectivity index (χ3v) is 5.82. The van der Waals surface area contributed by atoms with Crippen molar-refractivity contribution >= 4 is 0 Å². The number of rotatable bonds is 4. The minimum absolute atomic E-state index is 0.00957. The molecule has 0 saturated heterocycles. The van der Waals surface area contributed by atoms with Crippen LogP contribution < -0.4 is 0 Å². The highest BCUT2D eigenvalue weighted by atomic mass is 19.2. The molecule has 1 aliphatic carbocycles. The lowest BCUT2D eigenvalue weighted by Gasteiger charge is -2.26. The van der Waals surface area contributed by atoms with E-state index in [2.05, 4.69) is 31.2 Å². The van der Waals surface area contributed by atoms with Gasteiger partial charge in [-0.1, -0.05) is 43.7 Å². The molecule has 0 nitrogen and oxygen atoms in total. The molecule has 1 atom stereocenters. The summed E-state index contributed by atoms with van der Waals surface area (Å²) in [5.41, 5.74) is 3.33. The van der Waals surface area contributed by atoms with E-state index in [0.29, 0.717) is 24.0 Å². The monoisotopic (exact) mass is 398 g/mol. The number of hydrogen-bond donors (Lipinski definition) is 0. The predicted molar refractivity (Wildman–Crippen MR) is 107 cm³/mol. The maximum absolute atomic E-state index is 15.1. The van der Waals surface area contributed by atoms with Gasteiger partial charge in [-0.15, -0.1) is 0 Å². The normalized spacial score (nSPS) is 16.0. The molecule has 0 saturated carbocycles. The SMILES string of the molecule is CCCc1ccc(C2CCc3c(cc(F)c(-c4ccc(F)c(F)c4)c3F)C2)cc1. The lowest BCUT2D eigenvalue weighted by molar-refractivity contribution is 0.508. The Morgan fingerprint density at radius 1 is 0.862 bits per heavy atom. The molecule has 4 heteroatoms. The zero-order chi connectivity index (χ0) is 20.5. The van der Waals surface area contributed by atoms with Crippen LogP contribution in [0.4, 0.5) is 17.6 Å². The Bertz CT molecular complexity index is 1040. The molecule has 0 bridgehead atoms. The van der Waals surface area contributed by atoms with Crippen LogP contribution in [-0.4, -0.2) is 0 Å². The van der Waals surface area contributed by atoms with Crippen LogP contribution in [0.5, 0.6) is 0 Å². The van der Waals surface area contributed by atoms with Gasteiger partial charge in [-0.25, -0.2) is 17.6 Å². The fraction of sp³-hybridized carbons (Fsp3) is 0.280. The first-order chi connectivity index (χ1) is 14.0. The van der Waals surface area contributed by atoms with Crippen LogP contribution in [0, 0.1) is 23.3 Å². The minimum Gasteiger partial charge on any atom is -0.206 e. The first kappa shape index (κ1) is 19.7. The van der Waals surface area contributed by atoms with Crippen LogP contribution in [0.15, 0.2) is 48.5 Å². The van der Waals surface area contributed by atoms with E-state index in [0.717, 1.165) is 31.4 Å². The number of halogens is 4. The van der Waals surface area contributed by atoms with Crippen LogP contribution in [0.25, 0.3) is 11.1 Å². The van der Waals surface area contributed by atoms with Crippen LogP contribution in [0.3, 0.4) is 0 Å². The summed E-state index contributed by atoms with van der Waals surface area (Å²) in [7, 11) is 0. The van der Waals surface area contributed by atoms with Gasteiger partial charge in [-0.3, -0.25) is 0 Å². The third-order valence-electron chi connectivity index (χ3n) is 5.82. The summed E-state index contributed by atoms with van der Waals surface area (Å²) in [5, 5.41) is 0. The Kier molecular flexibility index (Phi) is 5.44. The quantitative estimate of drug-likeness (QED) is 0.410. The molecule has 150 valence electrons. The number of hydrogen-bond acceptors (Lipinski definition) is 0. The van der Waals surface area contributed by atoms with E-state index in [-0.39, 0.29) is 17.0 Å². The van der Waals surface area contributed by atoms with Crippen LogP contribution in [0.1, 0.15) is 47.9 Å². The maximum Gasteiger partial charge on any atom is 0.159 e. The van der Waals surface area contributed by atoms with Gasteiger partial charge in [0.1, 0.15) is 11.6 Å². The molecule has 0 radical (unpaired) electrons. The second kappa shape index (κ2) is 8.02. The highest BCUT2D eigenvalue weighted by Gasteiger charge is 2.27. The second-order valence-corrected chi connectivity index (χ2v) is 7.75. The summed E-state index contributed by atoms with van der Waals surface area (Å²) in [6, 6.07) is 12.8. The van der Waals surface area contributed by atoms with Crippen molar-refractivity contribution in [3.05, 3.63) is 94.1 Å². The molecule has 1 unspecified atom stereocenters. The van der Waals surface area contributed by atoms with Gasteiger partial charge in [0.05, 0.1) is 5.56 Å². The van der Waals surface area contributed by atoms with Gasteiger partial charge in [-0.2, -0.15) is 0 Å². The summed E-state index contributed by atoms with van der Waals surface area (Å²) in [6.07, 6.45) is 3.94. The minimum atomic E-state index is -1.12. The van der Waals surface area contributed by atoms with Crippen LogP contribution >= 0.6 is 0 Å². The zero-order valence-electron chi connectivity index (χ0n) is 16.2. The van der Waals surface area contributed by atoms with E-state index in [1.54, 1.807) is 0 Å². The largest absolute Gasteiger partial charge is 0.206 e. The van der Waals surface area contributed by atoms with Gasteiger partial charge < -0.3 is 0 Å². The molecule has 0 N–H and O–H groups in total. The van der Waals surface area contributed by atoms with E-state index in [1.165, 1.54) is 23.3 Å². The van der Waals surface area contributed by atoms with E-state index < -0.39 is 23.3 Å². The van der Waals surface area contributed by atoms with Gasteiger partial charge in [0, 0.05) is 0 Å². The lowest BCUT2D eigenvalue weighted by atomic mass is 9.78. The molecule has 3 aromatic carbocycles. The van der Waals surface area contributed by atoms with E-state index in [9.17, 15) is 13.2 Å². The topological polar surface area (TPSA) is 0 Å². The molecule has 29 heavy (non-hydrogen) atoms. The highest BCUT2D eigenvalue weighted by molar-refractivity contribution is 5.67. The van der Waals surface area contributed by atoms with Gasteiger partial charge in [0.2, 0.25) is 0 Å². The molecule has 4 rings (SSSR count). The molecule has 3 aromatic rings. The van der Waals surface area contributed by atoms with Gasteiger partial charge >= 0.3 is 0 Å². The average molecular weight is 398 g/mol. The summed E-state index contributed by atoms with van der Waals surface area (Å²) < 4.78 is 56.7. The first-order valence-electron chi connectivity index (χ1n) is 10.0. The summed E-state index contributed by atoms with van der Waals surface area (Å²) >= 11 is 0. The molecule has 0 aliphatic heterocycles. The molecule has 0 aromatic heterocycles. The molecular weight excluding hydrogens is 376 g/mol. The highest BCUT2D eigenvalue weighted by Crippen LogP contribution is 2.38. The number of benzene rings is 3. The lowest BCUT2D eigenvalue weighted by Crippen LogP contribution is -2.16. The Labute approximate surface area is 168 Å². The van der Waals surface area contributed by atoms with E-state index >= 15 is 4.39 Å². The number of fused-ring (bicyclic) bond motifs is 1. The van der Waals surface area contributed by atoms with Crippen molar-refractivity contribution < 1.29 is 17.6 Å². The molecule has 0 heterocycles. The molecular formula is C25H22F4. The van der Waals surface area contributed by atoms with Gasteiger partial charge in [0.25, 0.3) is 0 Å². The fourth-order valence-electron chi connectivity index (χ4n) is 4.29. The Balaban J connectivity index is 1.65. The standard InChI is InChI=1S/C25H22F4/c1-2-3-15-4-6-16(7-5-15)17-8-10-20-19(12-17)14-23(28)24(25(20)29)18-9-11-21(26)22(27)13-18/h4-7,9,11,13-14,17H,2-3,8,10,12H2,1H3. The fourth-order valence-corrected chi connectivity index (χ4v) is 4.29. The molecule has 1 aliphatic rings. The van der Waals surface area contributed by atoms with Crippen molar-refractivity contribution in [3.8, 4) is 11.1 Å². The summed E-state index contributed by atoms with van der Waals surface area (Å²) in [6.45, 7) is 2.14. The van der Waals surface area contributed by atoms with Gasteiger partial charge in [-0.05, 0) is 77.6 Å². The number of aryl methyl sites for hydroxylation is 1. The smallest absolute Gasteiger partial charge is 0.159 e. The Morgan fingerprint density at radius 3 is 2.31 bits per heavy atom. The summed E-state index contributed by atoms with van der Waals surface area (Å²) in [4.78, 5) is 0. The van der Waals surface area contributed by atoms with Crippen LogP contribution in [-0.2, 0) is 19.3 Å². The maximum atomic E-state index is 15.1. The van der Waals surface area contributed by atoms with Crippen molar-refractivity contribution in [2.75, 3.05) is 0 Å². The predicted octanol–water partition coefficient (Wildman–Crippen LogP) is 7.14. The molecule has 0 spiro atoms. The summed E-state index contributed by atoms with van der Waals surface area (Å²) in [5.74, 6) is -3.36. The van der Waals surface area contributed by atoms with E-state index in [1.807, 2.05) is 0 Å². The van der Waals surface area contributed by atoms with Crippen molar-refractivity contribution in [1.82, 2.24) is 0 Å². The molecule has 0 fully saturated rings. The van der Waals surface area contributed by atoms with E-state index in [4.69, 9.17) is 0 Å². The average Bonchev–Trinajstić information content (AvgIpc) is 2.71. The van der Waals surface area contributed by atoms with Crippen LogP contribution in [0.2, 0.25) is 0 Å². The Hall–Kier alpha value is -2.62.